The van der Waals surface area contributed by atoms with Gasteiger partial charge in [0.25, 0.3) is 0 Å². The fourth-order valence-electron chi connectivity index (χ4n) is 2.83. The predicted molar refractivity (Wildman–Crippen MR) is 125 cm³/mol. The Morgan fingerprint density at radius 1 is 1.10 bits per heavy atom. The van der Waals surface area contributed by atoms with Gasteiger partial charge in [-0.05, 0) is 55.8 Å². The number of phenolic OH excluding ortho intramolecular Hbond substituents is 1. The molecule has 3 rings (SSSR count). The summed E-state index contributed by atoms with van der Waals surface area (Å²) in [5, 5.41) is 18.5. The summed E-state index contributed by atoms with van der Waals surface area (Å²) < 4.78 is 5.17. The number of nitrogens with zero attached hydrogens (tertiary/aromatic N) is 1. The highest BCUT2D eigenvalue weighted by Gasteiger charge is 2.17. The second kappa shape index (κ2) is 10.7. The molecule has 0 spiro atoms. The highest BCUT2D eigenvalue weighted by Crippen LogP contribution is 2.27. The van der Waals surface area contributed by atoms with Crippen molar-refractivity contribution < 1.29 is 9.84 Å². The Morgan fingerprint density at radius 2 is 1.86 bits per heavy atom. The van der Waals surface area contributed by atoms with E-state index in [2.05, 4.69) is 29.5 Å². The largest absolute Gasteiger partial charge is 0.504 e. The molecule has 5 nitrogen and oxygen atoms in total. The summed E-state index contributed by atoms with van der Waals surface area (Å²) in [5.74, 6) is 0.624. The average molecular weight is 459 g/mol. The van der Waals surface area contributed by atoms with Crippen LogP contribution in [0.1, 0.15) is 19.4 Å². The third kappa shape index (κ3) is 6.54. The van der Waals surface area contributed by atoms with Crippen molar-refractivity contribution in [2.75, 3.05) is 19.0 Å². The van der Waals surface area contributed by atoms with Gasteiger partial charge < -0.3 is 20.5 Å². The van der Waals surface area contributed by atoms with Crippen LogP contribution in [0.2, 0.25) is 5.02 Å². The minimum Gasteiger partial charge on any atom is -0.504 e. The normalized spacial score (nSPS) is 10.8. The second-order valence-corrected chi connectivity index (χ2v) is 7.55. The lowest BCUT2D eigenvalue weighted by Gasteiger charge is -2.28. The summed E-state index contributed by atoms with van der Waals surface area (Å²) in [6.07, 6.45) is 1.78. The molecule has 0 atom stereocenters. The van der Waals surface area contributed by atoms with Gasteiger partial charge in [-0.2, -0.15) is 0 Å². The number of fused-ring (bicyclic) bond motifs is 1. The van der Waals surface area contributed by atoms with E-state index in [4.69, 9.17) is 16.3 Å². The highest BCUT2D eigenvalue weighted by molar-refractivity contribution is 6.31. The number of aromatic nitrogens is 1. The van der Waals surface area contributed by atoms with Crippen LogP contribution in [-0.2, 0) is 6.54 Å². The third-order valence-corrected chi connectivity index (χ3v) is 4.68. The Balaban J connectivity index is 0.00000210. The summed E-state index contributed by atoms with van der Waals surface area (Å²) in [5.41, 5.74) is 2.78. The first-order valence-electron chi connectivity index (χ1n) is 8.77. The van der Waals surface area contributed by atoms with Gasteiger partial charge in [0.05, 0.1) is 12.6 Å². The van der Waals surface area contributed by atoms with E-state index < -0.39 is 0 Å². The molecule has 0 unspecified atom stereocenters. The Labute approximate surface area is 188 Å². The molecule has 0 saturated heterocycles. The van der Waals surface area contributed by atoms with Gasteiger partial charge in [0, 0.05) is 40.9 Å². The highest BCUT2D eigenvalue weighted by atomic mass is 35.5. The number of pyridine rings is 1. The Hall–Kier alpha value is -1.92. The van der Waals surface area contributed by atoms with Crippen LogP contribution in [-0.4, -0.2) is 29.3 Å². The maximum absolute atomic E-state index is 9.71. The molecule has 0 radical (unpaired) electrons. The Kier molecular flexibility index (Phi) is 9.30. The van der Waals surface area contributed by atoms with Crippen LogP contribution in [0.3, 0.4) is 0 Å². The SMILES string of the molecule is COc1cc(CNC(C)(C)CNc2ccnc3cc(Cl)ccc23)ccc1O.Cl.Cl. The fraction of sp³-hybridized carbons (Fsp3) is 0.286. The van der Waals surface area contributed by atoms with Crippen molar-refractivity contribution in [1.82, 2.24) is 10.3 Å². The summed E-state index contributed by atoms with van der Waals surface area (Å²) in [6.45, 7) is 5.66. The lowest BCUT2D eigenvalue weighted by molar-refractivity contribution is 0.371. The van der Waals surface area contributed by atoms with Crippen molar-refractivity contribution in [1.29, 1.82) is 0 Å². The van der Waals surface area contributed by atoms with Gasteiger partial charge in [0.15, 0.2) is 11.5 Å². The lowest BCUT2D eigenvalue weighted by Crippen LogP contribution is -2.44. The Morgan fingerprint density at radius 3 is 2.59 bits per heavy atom. The van der Waals surface area contributed by atoms with E-state index in [0.29, 0.717) is 17.3 Å². The second-order valence-electron chi connectivity index (χ2n) is 7.12. The quantitative estimate of drug-likeness (QED) is 0.441. The van der Waals surface area contributed by atoms with Crippen LogP contribution >= 0.6 is 36.4 Å². The topological polar surface area (TPSA) is 66.4 Å². The smallest absolute Gasteiger partial charge is 0.160 e. The molecule has 1 heterocycles. The molecule has 1 aromatic heterocycles. The molecule has 0 bridgehead atoms. The van der Waals surface area contributed by atoms with E-state index in [-0.39, 0.29) is 36.1 Å². The van der Waals surface area contributed by atoms with Crippen LogP contribution in [0.5, 0.6) is 11.5 Å². The number of ether oxygens (including phenoxy) is 1. The predicted octanol–water partition coefficient (Wildman–Crippen LogP) is 5.43. The van der Waals surface area contributed by atoms with Crippen molar-refractivity contribution >= 4 is 53.0 Å². The number of benzene rings is 2. The van der Waals surface area contributed by atoms with Crippen LogP contribution in [0, 0.1) is 0 Å². The van der Waals surface area contributed by atoms with Crippen molar-refractivity contribution in [2.24, 2.45) is 0 Å². The van der Waals surface area contributed by atoms with Crippen LogP contribution in [0.4, 0.5) is 5.69 Å². The first-order chi connectivity index (χ1) is 12.9. The molecular weight excluding hydrogens is 433 g/mol. The summed E-state index contributed by atoms with van der Waals surface area (Å²) in [7, 11) is 1.55. The zero-order chi connectivity index (χ0) is 19.4. The number of rotatable bonds is 7. The van der Waals surface area contributed by atoms with Gasteiger partial charge in [-0.1, -0.05) is 17.7 Å². The lowest BCUT2D eigenvalue weighted by atomic mass is 10.0. The average Bonchev–Trinajstić information content (AvgIpc) is 2.65. The van der Waals surface area contributed by atoms with E-state index in [1.54, 1.807) is 19.4 Å². The van der Waals surface area contributed by atoms with E-state index >= 15 is 0 Å². The molecule has 0 fully saturated rings. The monoisotopic (exact) mass is 457 g/mol. The fourth-order valence-corrected chi connectivity index (χ4v) is 2.99. The number of methoxy groups -OCH3 is 1. The zero-order valence-corrected chi connectivity index (χ0v) is 18.9. The summed E-state index contributed by atoms with van der Waals surface area (Å²) in [6, 6.07) is 13.1. The van der Waals surface area contributed by atoms with Gasteiger partial charge in [-0.3, -0.25) is 4.98 Å². The van der Waals surface area contributed by atoms with Crippen molar-refractivity contribution in [3.05, 3.63) is 59.2 Å². The van der Waals surface area contributed by atoms with E-state index in [9.17, 15) is 5.11 Å². The number of phenols is 1. The van der Waals surface area contributed by atoms with E-state index in [1.165, 1.54) is 0 Å². The number of hydrogen-bond donors (Lipinski definition) is 3. The molecule has 3 N–H and O–H groups in total. The van der Waals surface area contributed by atoms with E-state index in [0.717, 1.165) is 28.7 Å². The van der Waals surface area contributed by atoms with Crippen molar-refractivity contribution in [2.45, 2.75) is 25.9 Å². The molecule has 158 valence electrons. The van der Waals surface area contributed by atoms with Crippen LogP contribution in [0.25, 0.3) is 10.9 Å². The maximum atomic E-state index is 9.71. The number of halogens is 3. The van der Waals surface area contributed by atoms with Crippen LogP contribution < -0.4 is 15.4 Å². The number of nitrogens with one attached hydrogen (secondary N) is 2. The van der Waals surface area contributed by atoms with Crippen molar-refractivity contribution in [3.63, 3.8) is 0 Å². The van der Waals surface area contributed by atoms with E-state index in [1.807, 2.05) is 36.4 Å². The molecule has 3 aromatic rings. The minimum atomic E-state index is -0.160. The number of anilines is 1. The van der Waals surface area contributed by atoms with Gasteiger partial charge >= 0.3 is 0 Å². The van der Waals surface area contributed by atoms with Gasteiger partial charge in [-0.25, -0.2) is 0 Å². The maximum Gasteiger partial charge on any atom is 0.160 e. The molecule has 0 aliphatic rings. The van der Waals surface area contributed by atoms with Gasteiger partial charge in [0.1, 0.15) is 0 Å². The molecule has 0 aliphatic carbocycles. The number of hydrogen-bond acceptors (Lipinski definition) is 5. The molecule has 0 amide bonds. The number of aromatic hydroxyl groups is 1. The first-order valence-corrected chi connectivity index (χ1v) is 9.15. The molecule has 8 heteroatoms. The molecule has 0 aliphatic heterocycles. The molecule has 29 heavy (non-hydrogen) atoms. The molecule has 0 saturated carbocycles. The first kappa shape index (κ1) is 25.1. The van der Waals surface area contributed by atoms with Gasteiger partial charge in [-0.15, -0.1) is 24.8 Å². The van der Waals surface area contributed by atoms with Crippen LogP contribution in [0.15, 0.2) is 48.7 Å². The minimum absolute atomic E-state index is 0. The summed E-state index contributed by atoms with van der Waals surface area (Å²) in [4.78, 5) is 4.37. The summed E-state index contributed by atoms with van der Waals surface area (Å²) >= 11 is 6.06. The Bertz CT molecular complexity index is 952. The molecule has 2 aromatic carbocycles. The molecular formula is C21H26Cl3N3O2. The third-order valence-electron chi connectivity index (χ3n) is 4.44. The van der Waals surface area contributed by atoms with Gasteiger partial charge in [0.2, 0.25) is 0 Å². The standard InChI is InChI=1S/C21H24ClN3O2.2ClH/c1-21(2,25-12-14-4-7-19(26)20(10-14)27-3)13-24-17-8-9-23-18-11-15(22)5-6-16(17)18;;/h4-11,25-26H,12-13H2,1-3H3,(H,23,24);2*1H. The zero-order valence-electron chi connectivity index (χ0n) is 16.5. The van der Waals surface area contributed by atoms with Crippen molar-refractivity contribution in [3.8, 4) is 11.5 Å².